The van der Waals surface area contributed by atoms with Gasteiger partial charge in [0.05, 0.1) is 0 Å². The van der Waals surface area contributed by atoms with Crippen molar-refractivity contribution in [2.45, 2.75) is 6.92 Å². The second kappa shape index (κ2) is 5.61. The Hall–Kier alpha value is -1.93. The Morgan fingerprint density at radius 2 is 1.78 bits per heavy atom. The molecule has 0 aliphatic rings. The SMILES string of the molecule is C/C(N)=C\c1ccccc1Oc1ccc(Cl)cc1. The number of halogens is 1. The van der Waals surface area contributed by atoms with Gasteiger partial charge in [0.15, 0.2) is 0 Å². The van der Waals surface area contributed by atoms with Gasteiger partial charge in [0.25, 0.3) is 0 Å². The number of para-hydroxylation sites is 1. The van der Waals surface area contributed by atoms with Crippen LogP contribution in [0.15, 0.2) is 54.2 Å². The number of hydrogen-bond acceptors (Lipinski definition) is 2. The fraction of sp³-hybridized carbons (Fsp3) is 0.0667. The lowest BCUT2D eigenvalue weighted by Gasteiger charge is -2.09. The van der Waals surface area contributed by atoms with Gasteiger partial charge in [-0.25, -0.2) is 0 Å². The van der Waals surface area contributed by atoms with Crippen molar-refractivity contribution >= 4 is 17.7 Å². The zero-order chi connectivity index (χ0) is 13.0. The molecule has 0 unspecified atom stereocenters. The van der Waals surface area contributed by atoms with Gasteiger partial charge < -0.3 is 10.5 Å². The molecule has 0 aliphatic heterocycles. The Morgan fingerprint density at radius 1 is 1.11 bits per heavy atom. The van der Waals surface area contributed by atoms with E-state index in [1.54, 1.807) is 12.1 Å². The molecule has 2 aromatic carbocycles. The Bertz CT molecular complexity index is 557. The smallest absolute Gasteiger partial charge is 0.134 e. The molecule has 0 saturated carbocycles. The molecule has 0 aliphatic carbocycles. The van der Waals surface area contributed by atoms with Crippen LogP contribution in [0.1, 0.15) is 12.5 Å². The zero-order valence-electron chi connectivity index (χ0n) is 10.1. The van der Waals surface area contributed by atoms with Gasteiger partial charge in [0.2, 0.25) is 0 Å². The topological polar surface area (TPSA) is 35.2 Å². The van der Waals surface area contributed by atoms with E-state index in [0.717, 1.165) is 22.8 Å². The van der Waals surface area contributed by atoms with Gasteiger partial charge in [-0.2, -0.15) is 0 Å². The summed E-state index contributed by atoms with van der Waals surface area (Å²) in [5, 5.41) is 0.688. The first-order valence-electron chi connectivity index (χ1n) is 5.61. The second-order valence-electron chi connectivity index (χ2n) is 3.98. The molecule has 3 heteroatoms. The van der Waals surface area contributed by atoms with Gasteiger partial charge >= 0.3 is 0 Å². The van der Waals surface area contributed by atoms with Crippen LogP contribution in [0.3, 0.4) is 0 Å². The van der Waals surface area contributed by atoms with Crippen molar-refractivity contribution in [3.05, 3.63) is 64.8 Å². The molecule has 0 spiro atoms. The highest BCUT2D eigenvalue weighted by atomic mass is 35.5. The summed E-state index contributed by atoms with van der Waals surface area (Å²) in [6.45, 7) is 1.85. The molecular formula is C15H14ClNO. The van der Waals surface area contributed by atoms with E-state index in [1.165, 1.54) is 0 Å². The molecule has 2 aromatic rings. The Morgan fingerprint density at radius 3 is 2.44 bits per heavy atom. The van der Waals surface area contributed by atoms with Gasteiger partial charge in [-0.05, 0) is 43.3 Å². The lowest BCUT2D eigenvalue weighted by atomic mass is 10.1. The highest BCUT2D eigenvalue weighted by molar-refractivity contribution is 6.30. The predicted molar refractivity (Wildman–Crippen MR) is 75.8 cm³/mol. The summed E-state index contributed by atoms with van der Waals surface area (Å²) in [5.74, 6) is 1.51. The third-order valence-electron chi connectivity index (χ3n) is 2.34. The van der Waals surface area contributed by atoms with E-state index >= 15 is 0 Å². The van der Waals surface area contributed by atoms with E-state index in [2.05, 4.69) is 0 Å². The number of nitrogens with two attached hydrogens (primary N) is 1. The maximum absolute atomic E-state index is 5.83. The Labute approximate surface area is 112 Å². The summed E-state index contributed by atoms with van der Waals surface area (Å²) in [7, 11) is 0. The standard InChI is InChI=1S/C15H14ClNO/c1-11(17)10-12-4-2-3-5-15(12)18-14-8-6-13(16)7-9-14/h2-10H,17H2,1H3/b11-10+. The molecule has 0 bridgehead atoms. The van der Waals surface area contributed by atoms with E-state index in [9.17, 15) is 0 Å². The molecule has 0 atom stereocenters. The van der Waals surface area contributed by atoms with Crippen molar-refractivity contribution < 1.29 is 4.74 Å². The van der Waals surface area contributed by atoms with Gasteiger partial charge in [0, 0.05) is 16.3 Å². The number of ether oxygens (including phenoxy) is 1. The predicted octanol–water partition coefficient (Wildman–Crippen LogP) is 4.45. The van der Waals surface area contributed by atoms with E-state index in [-0.39, 0.29) is 0 Å². The molecule has 2 nitrogen and oxygen atoms in total. The van der Waals surface area contributed by atoms with Crippen LogP contribution in [0, 0.1) is 0 Å². The minimum absolute atomic E-state index is 0.688. The van der Waals surface area contributed by atoms with E-state index in [4.69, 9.17) is 22.1 Å². The van der Waals surface area contributed by atoms with E-state index in [1.807, 2.05) is 49.4 Å². The van der Waals surface area contributed by atoms with E-state index in [0.29, 0.717) is 5.02 Å². The summed E-state index contributed by atoms with van der Waals surface area (Å²) in [6, 6.07) is 15.0. The van der Waals surface area contributed by atoms with Gasteiger partial charge in [-0.1, -0.05) is 29.8 Å². The molecule has 0 fully saturated rings. The molecule has 92 valence electrons. The summed E-state index contributed by atoms with van der Waals surface area (Å²) in [6.07, 6.45) is 1.88. The quantitative estimate of drug-likeness (QED) is 0.884. The monoisotopic (exact) mass is 259 g/mol. The van der Waals surface area contributed by atoms with E-state index < -0.39 is 0 Å². The lowest BCUT2D eigenvalue weighted by molar-refractivity contribution is 0.481. The number of hydrogen-bond donors (Lipinski definition) is 1. The first-order chi connectivity index (χ1) is 8.65. The van der Waals surface area contributed by atoms with Crippen LogP contribution in [-0.4, -0.2) is 0 Å². The Kier molecular flexibility index (Phi) is 3.90. The Balaban J connectivity index is 2.29. The van der Waals surface area contributed by atoms with Crippen LogP contribution in [0.2, 0.25) is 5.02 Å². The summed E-state index contributed by atoms with van der Waals surface area (Å²) in [4.78, 5) is 0. The van der Waals surface area contributed by atoms with Crippen LogP contribution in [0.25, 0.3) is 6.08 Å². The summed E-state index contributed by atoms with van der Waals surface area (Å²) >= 11 is 5.83. The molecule has 2 rings (SSSR count). The van der Waals surface area contributed by atoms with Crippen LogP contribution in [-0.2, 0) is 0 Å². The first kappa shape index (κ1) is 12.5. The minimum Gasteiger partial charge on any atom is -0.457 e. The van der Waals surface area contributed by atoms with Gasteiger partial charge in [-0.3, -0.25) is 0 Å². The molecule has 0 saturated heterocycles. The van der Waals surface area contributed by atoms with Crippen molar-refractivity contribution in [2.75, 3.05) is 0 Å². The third kappa shape index (κ3) is 3.28. The van der Waals surface area contributed by atoms with Crippen LogP contribution >= 0.6 is 11.6 Å². The normalized spacial score (nSPS) is 11.3. The average molecular weight is 260 g/mol. The highest BCUT2D eigenvalue weighted by Crippen LogP contribution is 2.27. The minimum atomic E-state index is 0.688. The molecule has 0 heterocycles. The number of rotatable bonds is 3. The van der Waals surface area contributed by atoms with Crippen molar-refractivity contribution in [1.29, 1.82) is 0 Å². The molecule has 0 amide bonds. The highest BCUT2D eigenvalue weighted by Gasteiger charge is 2.02. The lowest BCUT2D eigenvalue weighted by Crippen LogP contribution is -1.92. The average Bonchev–Trinajstić information content (AvgIpc) is 2.34. The van der Waals surface area contributed by atoms with Gasteiger partial charge in [0.1, 0.15) is 11.5 Å². The van der Waals surface area contributed by atoms with Crippen molar-refractivity contribution in [3.8, 4) is 11.5 Å². The first-order valence-corrected chi connectivity index (χ1v) is 5.99. The second-order valence-corrected chi connectivity index (χ2v) is 4.42. The van der Waals surface area contributed by atoms with Crippen LogP contribution in [0.4, 0.5) is 0 Å². The van der Waals surface area contributed by atoms with Crippen molar-refractivity contribution in [3.63, 3.8) is 0 Å². The molecule has 0 aromatic heterocycles. The summed E-state index contributed by atoms with van der Waals surface area (Å²) in [5.41, 5.74) is 7.38. The zero-order valence-corrected chi connectivity index (χ0v) is 10.8. The molecular weight excluding hydrogens is 246 g/mol. The number of benzene rings is 2. The largest absolute Gasteiger partial charge is 0.457 e. The van der Waals surface area contributed by atoms with Crippen molar-refractivity contribution in [2.24, 2.45) is 5.73 Å². The molecule has 18 heavy (non-hydrogen) atoms. The number of allylic oxidation sites excluding steroid dienone is 1. The fourth-order valence-corrected chi connectivity index (χ4v) is 1.69. The van der Waals surface area contributed by atoms with Crippen LogP contribution in [0.5, 0.6) is 11.5 Å². The third-order valence-corrected chi connectivity index (χ3v) is 2.60. The van der Waals surface area contributed by atoms with Gasteiger partial charge in [-0.15, -0.1) is 0 Å². The van der Waals surface area contributed by atoms with Crippen LogP contribution < -0.4 is 10.5 Å². The molecule has 2 N–H and O–H groups in total. The fourth-order valence-electron chi connectivity index (χ4n) is 1.57. The maximum Gasteiger partial charge on any atom is 0.134 e. The maximum atomic E-state index is 5.83. The summed E-state index contributed by atoms with van der Waals surface area (Å²) < 4.78 is 5.81. The van der Waals surface area contributed by atoms with Crippen molar-refractivity contribution in [1.82, 2.24) is 0 Å². The molecule has 0 radical (unpaired) electrons.